The number of anilines is 1. The lowest BCUT2D eigenvalue weighted by Gasteiger charge is -2.28. The zero-order valence-corrected chi connectivity index (χ0v) is 27.3. The number of benzene rings is 3. The van der Waals surface area contributed by atoms with E-state index in [4.69, 9.17) is 0 Å². The Bertz CT molecular complexity index is 1530. The quantitative estimate of drug-likeness (QED) is 0.199. The minimum Gasteiger partial charge on any atom is -0.391 e. The molecule has 4 atom stereocenters. The standard InChI is InChI=1S/C34H44N4O6S/c1-23(2)19-30(31(39)20-24(3)32(40)36-25(4)33(41)35-22-26-13-8-6-9-14-26)37-34(42)27-15-12-16-28(21-27)38(5)45(43,44)29-17-10-7-11-18-29/h6-18,21,23-25,30-31,39H,19-20,22H2,1-5H3,(H,35,41)(H,36,40)(H,37,42)/t24?,25-,30?,31?/m0/s1. The van der Waals surface area contributed by atoms with Crippen molar-refractivity contribution in [3.63, 3.8) is 0 Å². The topological polar surface area (TPSA) is 145 Å². The van der Waals surface area contributed by atoms with E-state index in [1.165, 1.54) is 25.2 Å². The predicted octanol–water partition coefficient (Wildman–Crippen LogP) is 3.86. The summed E-state index contributed by atoms with van der Waals surface area (Å²) in [6.45, 7) is 7.52. The third kappa shape index (κ3) is 10.2. The van der Waals surface area contributed by atoms with Gasteiger partial charge in [-0.1, -0.05) is 75.4 Å². The fraction of sp³-hybridized carbons (Fsp3) is 0.382. The third-order valence-corrected chi connectivity index (χ3v) is 9.28. The highest BCUT2D eigenvalue weighted by Crippen LogP contribution is 2.23. The Kier molecular flexibility index (Phi) is 12.7. The number of carbonyl (C=O) groups excluding carboxylic acids is 3. The van der Waals surface area contributed by atoms with Crippen LogP contribution in [0, 0.1) is 11.8 Å². The van der Waals surface area contributed by atoms with Gasteiger partial charge in [-0.15, -0.1) is 0 Å². The first-order valence-electron chi connectivity index (χ1n) is 15.0. The first-order valence-corrected chi connectivity index (χ1v) is 16.5. The smallest absolute Gasteiger partial charge is 0.264 e. The molecule has 3 rings (SSSR count). The van der Waals surface area contributed by atoms with Crippen LogP contribution in [0.5, 0.6) is 0 Å². The number of hydrogen-bond acceptors (Lipinski definition) is 6. The van der Waals surface area contributed by atoms with Gasteiger partial charge in [0.05, 0.1) is 22.7 Å². The van der Waals surface area contributed by atoms with Gasteiger partial charge < -0.3 is 21.1 Å². The summed E-state index contributed by atoms with van der Waals surface area (Å²) in [4.78, 5) is 38.9. The molecule has 0 saturated carbocycles. The number of amides is 3. The molecule has 0 aliphatic heterocycles. The summed E-state index contributed by atoms with van der Waals surface area (Å²) >= 11 is 0. The fourth-order valence-electron chi connectivity index (χ4n) is 4.80. The van der Waals surface area contributed by atoms with Crippen molar-refractivity contribution in [1.29, 1.82) is 0 Å². The van der Waals surface area contributed by atoms with Crippen LogP contribution < -0.4 is 20.3 Å². The van der Waals surface area contributed by atoms with Gasteiger partial charge in [-0.05, 0) is 61.6 Å². The van der Waals surface area contributed by atoms with E-state index in [0.717, 1.165) is 9.87 Å². The maximum absolute atomic E-state index is 13.3. The van der Waals surface area contributed by atoms with Gasteiger partial charge in [0.25, 0.3) is 15.9 Å². The average molecular weight is 637 g/mol. The Hall–Kier alpha value is -4.22. The van der Waals surface area contributed by atoms with Crippen LogP contribution in [-0.2, 0) is 26.2 Å². The molecule has 10 nitrogen and oxygen atoms in total. The van der Waals surface area contributed by atoms with E-state index in [2.05, 4.69) is 16.0 Å². The van der Waals surface area contributed by atoms with Crippen molar-refractivity contribution in [2.75, 3.05) is 11.4 Å². The zero-order chi connectivity index (χ0) is 33.1. The van der Waals surface area contributed by atoms with Crippen LogP contribution in [-0.4, -0.2) is 56.5 Å². The first-order chi connectivity index (χ1) is 21.3. The van der Waals surface area contributed by atoms with E-state index < -0.39 is 40.0 Å². The Morgan fingerprint density at radius 2 is 1.42 bits per heavy atom. The largest absolute Gasteiger partial charge is 0.391 e. The lowest BCUT2D eigenvalue weighted by molar-refractivity contribution is -0.131. The molecule has 3 aromatic carbocycles. The summed E-state index contributed by atoms with van der Waals surface area (Å²) in [5, 5.41) is 19.5. The summed E-state index contributed by atoms with van der Waals surface area (Å²) in [5.41, 5.74) is 1.47. The maximum atomic E-state index is 13.3. The number of nitrogens with zero attached hydrogens (tertiary/aromatic N) is 1. The van der Waals surface area contributed by atoms with Crippen molar-refractivity contribution in [2.45, 2.75) is 70.2 Å². The summed E-state index contributed by atoms with van der Waals surface area (Å²) in [6, 6.07) is 22.2. The SMILES string of the molecule is CC(C)CC(NC(=O)c1cccc(N(C)S(=O)(=O)c2ccccc2)c1)C(O)CC(C)C(=O)N[C@@H](C)C(=O)NCc1ccccc1. The maximum Gasteiger partial charge on any atom is 0.264 e. The second kappa shape index (κ2) is 16.2. The molecule has 0 aliphatic carbocycles. The molecule has 3 aromatic rings. The van der Waals surface area contributed by atoms with Crippen LogP contribution >= 0.6 is 0 Å². The Morgan fingerprint density at radius 3 is 2.04 bits per heavy atom. The fourth-order valence-corrected chi connectivity index (χ4v) is 6.01. The van der Waals surface area contributed by atoms with Crippen molar-refractivity contribution >= 4 is 33.4 Å². The number of aliphatic hydroxyl groups excluding tert-OH is 1. The normalized spacial score (nSPS) is 14.1. The van der Waals surface area contributed by atoms with E-state index in [0.29, 0.717) is 18.7 Å². The van der Waals surface area contributed by atoms with E-state index in [-0.39, 0.29) is 34.6 Å². The molecule has 0 aliphatic rings. The minimum atomic E-state index is -3.84. The van der Waals surface area contributed by atoms with E-state index in [1.54, 1.807) is 50.2 Å². The molecule has 0 saturated heterocycles. The first kappa shape index (κ1) is 35.3. The molecule has 45 heavy (non-hydrogen) atoms. The Balaban J connectivity index is 1.62. The lowest BCUT2D eigenvalue weighted by atomic mass is 9.92. The van der Waals surface area contributed by atoms with Crippen molar-refractivity contribution in [3.8, 4) is 0 Å². The van der Waals surface area contributed by atoms with Crippen LogP contribution in [0.4, 0.5) is 5.69 Å². The summed E-state index contributed by atoms with van der Waals surface area (Å²) < 4.78 is 27.3. The van der Waals surface area contributed by atoms with Crippen molar-refractivity contribution < 1.29 is 27.9 Å². The molecule has 0 aromatic heterocycles. The molecule has 242 valence electrons. The van der Waals surface area contributed by atoms with Gasteiger partial charge >= 0.3 is 0 Å². The van der Waals surface area contributed by atoms with Crippen molar-refractivity contribution in [2.24, 2.45) is 11.8 Å². The van der Waals surface area contributed by atoms with Gasteiger partial charge in [-0.25, -0.2) is 8.42 Å². The highest BCUT2D eigenvalue weighted by atomic mass is 32.2. The second-order valence-corrected chi connectivity index (χ2v) is 13.7. The minimum absolute atomic E-state index is 0.0555. The van der Waals surface area contributed by atoms with Crippen molar-refractivity contribution in [1.82, 2.24) is 16.0 Å². The monoisotopic (exact) mass is 636 g/mol. The molecule has 0 spiro atoms. The van der Waals surface area contributed by atoms with Gasteiger partial charge in [0.1, 0.15) is 6.04 Å². The van der Waals surface area contributed by atoms with Crippen LogP contribution in [0.2, 0.25) is 0 Å². The Morgan fingerprint density at radius 1 is 0.800 bits per heavy atom. The summed E-state index contributed by atoms with van der Waals surface area (Å²) in [6.07, 6.45) is -0.551. The zero-order valence-electron chi connectivity index (χ0n) is 26.4. The molecule has 4 N–H and O–H groups in total. The molecular formula is C34H44N4O6S. The number of sulfonamides is 1. The van der Waals surface area contributed by atoms with Gasteiger partial charge in [-0.2, -0.15) is 0 Å². The van der Waals surface area contributed by atoms with E-state index in [9.17, 15) is 27.9 Å². The molecule has 11 heteroatoms. The summed E-state index contributed by atoms with van der Waals surface area (Å²) in [7, 11) is -2.42. The third-order valence-electron chi connectivity index (χ3n) is 7.48. The number of rotatable bonds is 15. The highest BCUT2D eigenvalue weighted by Gasteiger charge is 2.29. The average Bonchev–Trinajstić information content (AvgIpc) is 3.03. The second-order valence-electron chi connectivity index (χ2n) is 11.7. The molecule has 0 heterocycles. The molecule has 3 amide bonds. The van der Waals surface area contributed by atoms with Crippen LogP contribution in [0.1, 0.15) is 56.5 Å². The molecular weight excluding hydrogens is 592 g/mol. The van der Waals surface area contributed by atoms with Gasteiger partial charge in [0.2, 0.25) is 11.8 Å². The van der Waals surface area contributed by atoms with Crippen LogP contribution in [0.3, 0.4) is 0 Å². The highest BCUT2D eigenvalue weighted by molar-refractivity contribution is 7.92. The van der Waals surface area contributed by atoms with Crippen molar-refractivity contribution in [3.05, 3.63) is 96.1 Å². The predicted molar refractivity (Wildman–Crippen MR) is 175 cm³/mol. The number of hydrogen-bond donors (Lipinski definition) is 4. The molecule has 0 bridgehead atoms. The van der Waals surface area contributed by atoms with Gasteiger partial charge in [0.15, 0.2) is 0 Å². The van der Waals surface area contributed by atoms with Gasteiger partial charge in [0, 0.05) is 25.1 Å². The molecule has 3 unspecified atom stereocenters. The van der Waals surface area contributed by atoms with Crippen LogP contribution in [0.25, 0.3) is 0 Å². The number of nitrogens with one attached hydrogen (secondary N) is 3. The van der Waals surface area contributed by atoms with Gasteiger partial charge in [-0.3, -0.25) is 18.7 Å². The van der Waals surface area contributed by atoms with E-state index in [1.807, 2.05) is 44.2 Å². The number of aliphatic hydroxyl groups is 1. The lowest BCUT2D eigenvalue weighted by Crippen LogP contribution is -2.48. The number of carbonyl (C=O) groups is 3. The van der Waals surface area contributed by atoms with Crippen LogP contribution in [0.15, 0.2) is 89.8 Å². The Labute approximate surface area is 266 Å². The summed E-state index contributed by atoms with van der Waals surface area (Å²) in [5.74, 6) is -1.71. The molecule has 0 radical (unpaired) electrons. The molecule has 0 fully saturated rings. The van der Waals surface area contributed by atoms with E-state index >= 15 is 0 Å².